The van der Waals surface area contributed by atoms with Crippen LogP contribution in [0.2, 0.25) is 0 Å². The van der Waals surface area contributed by atoms with Crippen LogP contribution in [-0.2, 0) is 4.79 Å². The van der Waals surface area contributed by atoms with Gasteiger partial charge in [-0.25, -0.2) is 9.97 Å². The third-order valence-electron chi connectivity index (χ3n) is 3.70. The number of nitrogens with zero attached hydrogens (tertiary/aromatic N) is 3. The molecule has 2 heterocycles. The van der Waals surface area contributed by atoms with Gasteiger partial charge in [0.15, 0.2) is 0 Å². The topological polar surface area (TPSA) is 75.6 Å². The van der Waals surface area contributed by atoms with Crippen molar-refractivity contribution in [2.24, 2.45) is 5.92 Å². The molecule has 0 aliphatic carbocycles. The molecule has 1 aromatic heterocycles. The highest BCUT2D eigenvalue weighted by Gasteiger charge is 2.31. The van der Waals surface area contributed by atoms with E-state index in [-0.39, 0.29) is 12.0 Å². The molecule has 104 valence electrons. The van der Waals surface area contributed by atoms with E-state index in [4.69, 9.17) is 9.84 Å². The Balaban J connectivity index is 2.22. The number of anilines is 1. The molecular weight excluding hydrogens is 246 g/mol. The van der Waals surface area contributed by atoms with E-state index >= 15 is 0 Å². The van der Waals surface area contributed by atoms with Gasteiger partial charge in [-0.3, -0.25) is 4.79 Å². The van der Waals surface area contributed by atoms with Gasteiger partial charge in [0.05, 0.1) is 18.6 Å². The minimum absolute atomic E-state index is 0.146. The molecule has 2 atom stereocenters. The van der Waals surface area contributed by atoms with Crippen LogP contribution in [0.25, 0.3) is 0 Å². The number of carboxylic acid groups (broad SMARTS) is 1. The third-order valence-corrected chi connectivity index (χ3v) is 3.70. The number of aromatic nitrogens is 2. The molecule has 1 aromatic rings. The van der Waals surface area contributed by atoms with E-state index in [1.807, 2.05) is 13.8 Å². The normalized spacial score (nSPS) is 23.2. The molecular formula is C13H19N3O3. The minimum Gasteiger partial charge on any atom is -0.481 e. The van der Waals surface area contributed by atoms with E-state index in [0.29, 0.717) is 25.3 Å². The van der Waals surface area contributed by atoms with Crippen LogP contribution in [0, 0.1) is 12.8 Å². The van der Waals surface area contributed by atoms with Crippen molar-refractivity contribution in [3.8, 4) is 5.88 Å². The summed E-state index contributed by atoms with van der Waals surface area (Å²) in [6.45, 7) is 4.65. The first-order chi connectivity index (χ1) is 9.04. The van der Waals surface area contributed by atoms with Crippen molar-refractivity contribution in [3.63, 3.8) is 0 Å². The van der Waals surface area contributed by atoms with Crippen LogP contribution in [0.5, 0.6) is 5.88 Å². The summed E-state index contributed by atoms with van der Waals surface area (Å²) >= 11 is 0. The maximum absolute atomic E-state index is 11.0. The fourth-order valence-corrected chi connectivity index (χ4v) is 2.63. The first kappa shape index (κ1) is 13.6. The second-order valence-corrected chi connectivity index (χ2v) is 4.93. The Kier molecular flexibility index (Phi) is 3.87. The van der Waals surface area contributed by atoms with Gasteiger partial charge >= 0.3 is 5.97 Å². The second kappa shape index (κ2) is 5.42. The van der Waals surface area contributed by atoms with E-state index < -0.39 is 5.97 Å². The van der Waals surface area contributed by atoms with Crippen LogP contribution in [-0.4, -0.2) is 40.7 Å². The molecule has 0 amide bonds. The van der Waals surface area contributed by atoms with Crippen molar-refractivity contribution >= 4 is 11.8 Å². The van der Waals surface area contributed by atoms with Gasteiger partial charge < -0.3 is 14.7 Å². The molecule has 1 aliphatic heterocycles. The van der Waals surface area contributed by atoms with E-state index in [1.165, 1.54) is 6.33 Å². The predicted molar refractivity (Wildman–Crippen MR) is 70.5 cm³/mol. The predicted octanol–water partition coefficient (Wildman–Crippen LogP) is 1.48. The smallest absolute Gasteiger partial charge is 0.306 e. The third kappa shape index (κ3) is 2.62. The Bertz CT molecular complexity index is 478. The summed E-state index contributed by atoms with van der Waals surface area (Å²) in [5, 5.41) is 9.09. The lowest BCUT2D eigenvalue weighted by molar-refractivity contribution is -0.142. The molecule has 0 saturated carbocycles. The highest BCUT2D eigenvalue weighted by Crippen LogP contribution is 2.31. The highest BCUT2D eigenvalue weighted by atomic mass is 16.5. The van der Waals surface area contributed by atoms with Crippen molar-refractivity contribution in [2.45, 2.75) is 32.7 Å². The number of hydrogen-bond acceptors (Lipinski definition) is 5. The van der Waals surface area contributed by atoms with E-state index in [0.717, 1.165) is 11.4 Å². The summed E-state index contributed by atoms with van der Waals surface area (Å²) in [6.07, 6.45) is 2.77. The Hall–Kier alpha value is -1.85. The Morgan fingerprint density at radius 2 is 2.26 bits per heavy atom. The fourth-order valence-electron chi connectivity index (χ4n) is 2.63. The Morgan fingerprint density at radius 3 is 2.84 bits per heavy atom. The van der Waals surface area contributed by atoms with Crippen LogP contribution in [0.3, 0.4) is 0 Å². The number of rotatable bonds is 3. The summed E-state index contributed by atoms with van der Waals surface area (Å²) < 4.78 is 5.20. The van der Waals surface area contributed by atoms with Crippen molar-refractivity contribution in [3.05, 3.63) is 11.9 Å². The van der Waals surface area contributed by atoms with E-state index in [2.05, 4.69) is 14.9 Å². The summed E-state index contributed by atoms with van der Waals surface area (Å²) in [6, 6.07) is 0.146. The second-order valence-electron chi connectivity index (χ2n) is 4.93. The molecule has 0 aromatic carbocycles. The number of hydrogen-bond donors (Lipinski definition) is 1. The van der Waals surface area contributed by atoms with E-state index in [1.54, 1.807) is 7.11 Å². The minimum atomic E-state index is -0.705. The first-order valence-corrected chi connectivity index (χ1v) is 6.39. The van der Waals surface area contributed by atoms with Crippen LogP contribution in [0.4, 0.5) is 5.82 Å². The fraction of sp³-hybridized carbons (Fsp3) is 0.615. The van der Waals surface area contributed by atoms with Crippen molar-refractivity contribution in [1.29, 1.82) is 0 Å². The van der Waals surface area contributed by atoms with Crippen molar-refractivity contribution in [2.75, 3.05) is 18.6 Å². The van der Waals surface area contributed by atoms with Crippen molar-refractivity contribution < 1.29 is 14.6 Å². The van der Waals surface area contributed by atoms with Crippen LogP contribution >= 0.6 is 0 Å². The summed E-state index contributed by atoms with van der Waals surface area (Å²) in [5.74, 6) is 0.444. The van der Waals surface area contributed by atoms with Gasteiger partial charge in [0.1, 0.15) is 12.1 Å². The lowest BCUT2D eigenvalue weighted by atomic mass is 9.91. The number of carbonyl (C=O) groups is 1. The molecule has 1 fully saturated rings. The van der Waals surface area contributed by atoms with Crippen molar-refractivity contribution in [1.82, 2.24) is 9.97 Å². The number of methoxy groups -OCH3 is 1. The van der Waals surface area contributed by atoms with Gasteiger partial charge in [0.2, 0.25) is 5.88 Å². The van der Waals surface area contributed by atoms with Gasteiger partial charge in [-0.05, 0) is 26.7 Å². The Labute approximate surface area is 112 Å². The average Bonchev–Trinajstić information content (AvgIpc) is 2.39. The van der Waals surface area contributed by atoms with Gasteiger partial charge in [0.25, 0.3) is 0 Å². The first-order valence-electron chi connectivity index (χ1n) is 6.39. The lowest BCUT2D eigenvalue weighted by Crippen LogP contribution is -2.43. The molecule has 0 bridgehead atoms. The molecule has 2 unspecified atom stereocenters. The molecule has 6 heteroatoms. The maximum Gasteiger partial charge on any atom is 0.306 e. The molecule has 2 rings (SSSR count). The molecule has 0 radical (unpaired) electrons. The molecule has 6 nitrogen and oxygen atoms in total. The number of aliphatic carboxylic acids is 1. The zero-order valence-corrected chi connectivity index (χ0v) is 11.5. The van der Waals surface area contributed by atoms with Gasteiger partial charge in [-0.15, -0.1) is 0 Å². The largest absolute Gasteiger partial charge is 0.481 e. The SMILES string of the molecule is COc1ncnc(N2CCC(C(=O)O)CC2C)c1C. The van der Waals surface area contributed by atoms with Crippen LogP contribution in [0.1, 0.15) is 25.3 Å². The van der Waals surface area contributed by atoms with E-state index in [9.17, 15) is 4.79 Å². The highest BCUT2D eigenvalue weighted by molar-refractivity contribution is 5.70. The van der Waals surface area contributed by atoms with Crippen LogP contribution < -0.4 is 9.64 Å². The Morgan fingerprint density at radius 1 is 1.53 bits per heavy atom. The molecule has 1 saturated heterocycles. The standard InChI is InChI=1S/C13H19N3O3/c1-8-6-10(13(17)18)4-5-16(8)11-9(2)12(19-3)15-7-14-11/h7-8,10H,4-6H2,1-3H3,(H,17,18). The maximum atomic E-state index is 11.0. The summed E-state index contributed by atoms with van der Waals surface area (Å²) in [4.78, 5) is 21.6. The quantitative estimate of drug-likeness (QED) is 0.892. The number of carboxylic acids is 1. The molecule has 0 spiro atoms. The molecule has 1 N–H and O–H groups in total. The average molecular weight is 265 g/mol. The zero-order chi connectivity index (χ0) is 14.0. The molecule has 19 heavy (non-hydrogen) atoms. The zero-order valence-electron chi connectivity index (χ0n) is 11.5. The van der Waals surface area contributed by atoms with Gasteiger partial charge in [-0.2, -0.15) is 0 Å². The summed E-state index contributed by atoms with van der Waals surface area (Å²) in [5.41, 5.74) is 0.894. The lowest BCUT2D eigenvalue weighted by Gasteiger charge is -2.37. The van der Waals surface area contributed by atoms with Gasteiger partial charge in [0, 0.05) is 12.6 Å². The molecule has 1 aliphatic rings. The van der Waals surface area contributed by atoms with Gasteiger partial charge in [-0.1, -0.05) is 0 Å². The summed E-state index contributed by atoms with van der Waals surface area (Å²) in [7, 11) is 1.58. The monoisotopic (exact) mass is 265 g/mol. The van der Waals surface area contributed by atoms with Crippen LogP contribution in [0.15, 0.2) is 6.33 Å². The number of piperidine rings is 1. The number of ether oxygens (including phenoxy) is 1.